The molecule has 0 unspecified atom stereocenters. The predicted molar refractivity (Wildman–Crippen MR) is 89.6 cm³/mol. The molecule has 0 aliphatic carbocycles. The molecule has 2 rings (SSSR count). The van der Waals surface area contributed by atoms with E-state index in [1.807, 2.05) is 24.3 Å². The van der Waals surface area contributed by atoms with Gasteiger partial charge in [0.05, 0.1) is 17.8 Å². The van der Waals surface area contributed by atoms with Gasteiger partial charge in [0.15, 0.2) is 0 Å². The Hall–Kier alpha value is -2.40. The van der Waals surface area contributed by atoms with Crippen molar-refractivity contribution in [3.05, 3.63) is 53.1 Å². The van der Waals surface area contributed by atoms with Crippen molar-refractivity contribution < 1.29 is 9.53 Å². The molecule has 5 nitrogen and oxygen atoms in total. The number of carbonyl (C=O) groups excluding carboxylic acids is 1. The van der Waals surface area contributed by atoms with Gasteiger partial charge >= 0.3 is 6.03 Å². The second kappa shape index (κ2) is 7.56. The molecule has 116 valence electrons. The molecule has 0 aromatic heterocycles. The first kappa shape index (κ1) is 16.0. The average Bonchev–Trinajstić information content (AvgIpc) is 2.51. The zero-order chi connectivity index (χ0) is 15.9. The van der Waals surface area contributed by atoms with E-state index in [-0.39, 0.29) is 6.03 Å². The van der Waals surface area contributed by atoms with Crippen molar-refractivity contribution in [3.63, 3.8) is 0 Å². The molecule has 4 N–H and O–H groups in total. The summed E-state index contributed by atoms with van der Waals surface area (Å²) >= 11 is 5.90. The lowest BCUT2D eigenvalue weighted by atomic mass is 10.1. The smallest absolute Gasteiger partial charge is 0.319 e. The number of benzene rings is 2. The zero-order valence-corrected chi connectivity index (χ0v) is 13.0. The number of carbonyl (C=O) groups is 1. The summed E-state index contributed by atoms with van der Waals surface area (Å²) in [5, 5.41) is 5.90. The Morgan fingerprint density at radius 1 is 1.23 bits per heavy atom. The fourth-order valence-corrected chi connectivity index (χ4v) is 2.07. The molecule has 0 heterocycles. The van der Waals surface area contributed by atoms with Gasteiger partial charge in [0.1, 0.15) is 5.75 Å². The van der Waals surface area contributed by atoms with Gasteiger partial charge < -0.3 is 21.1 Å². The van der Waals surface area contributed by atoms with Crippen molar-refractivity contribution in [3.8, 4) is 5.75 Å². The van der Waals surface area contributed by atoms with Gasteiger partial charge in [0, 0.05) is 12.2 Å². The Labute approximate surface area is 134 Å². The molecule has 2 amide bonds. The number of anilines is 2. The maximum absolute atomic E-state index is 11.8. The number of methoxy groups -OCH3 is 1. The lowest BCUT2D eigenvalue weighted by Gasteiger charge is -2.09. The quantitative estimate of drug-likeness (QED) is 0.740. The minimum absolute atomic E-state index is 0.283. The molecule has 0 atom stereocenters. The van der Waals surface area contributed by atoms with E-state index in [0.717, 1.165) is 17.7 Å². The number of ether oxygens (including phenoxy) is 1. The second-order valence-corrected chi connectivity index (χ2v) is 5.12. The van der Waals surface area contributed by atoms with Gasteiger partial charge in [-0.25, -0.2) is 4.79 Å². The van der Waals surface area contributed by atoms with E-state index in [4.69, 9.17) is 22.1 Å². The summed E-state index contributed by atoms with van der Waals surface area (Å²) < 4.78 is 5.10. The molecule has 0 aliphatic heterocycles. The number of nitrogens with two attached hydrogens (primary N) is 1. The molecule has 0 aliphatic rings. The van der Waals surface area contributed by atoms with Crippen LogP contribution in [-0.2, 0) is 6.42 Å². The van der Waals surface area contributed by atoms with E-state index in [0.29, 0.717) is 22.9 Å². The van der Waals surface area contributed by atoms with Gasteiger partial charge in [-0.15, -0.1) is 0 Å². The Morgan fingerprint density at radius 2 is 1.95 bits per heavy atom. The monoisotopic (exact) mass is 319 g/mol. The molecule has 2 aromatic carbocycles. The molecule has 0 bridgehead atoms. The van der Waals surface area contributed by atoms with Crippen LogP contribution in [0.4, 0.5) is 16.2 Å². The van der Waals surface area contributed by atoms with Crippen LogP contribution in [0.1, 0.15) is 5.56 Å². The highest BCUT2D eigenvalue weighted by Crippen LogP contribution is 2.22. The molecule has 2 aromatic rings. The lowest BCUT2D eigenvalue weighted by Crippen LogP contribution is -2.30. The second-order valence-electron chi connectivity index (χ2n) is 4.72. The first-order valence-electron chi connectivity index (χ1n) is 6.81. The van der Waals surface area contributed by atoms with Crippen LogP contribution in [0.25, 0.3) is 0 Å². The summed E-state index contributed by atoms with van der Waals surface area (Å²) in [6, 6.07) is 12.4. The normalized spacial score (nSPS) is 10.1. The maximum Gasteiger partial charge on any atom is 0.319 e. The third kappa shape index (κ3) is 4.56. The number of amides is 2. The lowest BCUT2D eigenvalue weighted by molar-refractivity contribution is 0.252. The number of nitrogens with one attached hydrogen (secondary N) is 2. The number of halogens is 1. The molecule has 0 saturated carbocycles. The van der Waals surface area contributed by atoms with E-state index in [9.17, 15) is 4.79 Å². The highest BCUT2D eigenvalue weighted by atomic mass is 35.5. The summed E-state index contributed by atoms with van der Waals surface area (Å²) in [5.41, 5.74) is 7.81. The van der Waals surface area contributed by atoms with Crippen LogP contribution < -0.4 is 21.1 Å². The Kier molecular flexibility index (Phi) is 5.49. The summed E-state index contributed by atoms with van der Waals surface area (Å²) in [5.74, 6) is 0.815. The molecule has 0 fully saturated rings. The fourth-order valence-electron chi connectivity index (χ4n) is 1.89. The molecular formula is C16H18ClN3O2. The number of nitrogen functional groups attached to an aromatic ring is 1. The van der Waals surface area contributed by atoms with Crippen molar-refractivity contribution in [1.29, 1.82) is 0 Å². The standard InChI is InChI=1S/C16H18ClN3O2/c1-22-13-5-2-11(3-6-13)8-9-19-16(21)20-12-4-7-15(18)14(17)10-12/h2-7,10H,8-9,18H2,1H3,(H2,19,20,21). The molecule has 0 spiro atoms. The van der Waals surface area contributed by atoms with E-state index in [2.05, 4.69) is 10.6 Å². The van der Waals surface area contributed by atoms with Crippen molar-refractivity contribution in [2.24, 2.45) is 0 Å². The number of hydrogen-bond donors (Lipinski definition) is 3. The van der Waals surface area contributed by atoms with Gasteiger partial charge in [-0.1, -0.05) is 23.7 Å². The molecule has 0 radical (unpaired) electrons. The highest BCUT2D eigenvalue weighted by Gasteiger charge is 2.03. The van der Waals surface area contributed by atoms with E-state index < -0.39 is 0 Å². The van der Waals surface area contributed by atoms with Crippen LogP contribution >= 0.6 is 11.6 Å². The van der Waals surface area contributed by atoms with E-state index in [1.54, 1.807) is 25.3 Å². The average molecular weight is 320 g/mol. The van der Waals surface area contributed by atoms with Gasteiger partial charge in [-0.3, -0.25) is 0 Å². The van der Waals surface area contributed by atoms with Crippen LogP contribution in [0, 0.1) is 0 Å². The SMILES string of the molecule is COc1ccc(CCNC(=O)Nc2ccc(N)c(Cl)c2)cc1. The summed E-state index contributed by atoms with van der Waals surface area (Å²) in [6.45, 7) is 0.529. The number of rotatable bonds is 5. The Bertz CT molecular complexity index is 644. The molecular weight excluding hydrogens is 302 g/mol. The van der Waals surface area contributed by atoms with Crippen LogP contribution in [0.15, 0.2) is 42.5 Å². The highest BCUT2D eigenvalue weighted by molar-refractivity contribution is 6.33. The zero-order valence-electron chi connectivity index (χ0n) is 12.2. The summed E-state index contributed by atoms with van der Waals surface area (Å²) in [4.78, 5) is 11.8. The minimum Gasteiger partial charge on any atom is -0.497 e. The molecule has 0 saturated heterocycles. The molecule has 6 heteroatoms. The van der Waals surface area contributed by atoms with Crippen molar-refractivity contribution >= 4 is 29.0 Å². The van der Waals surface area contributed by atoms with Crippen molar-refractivity contribution in [2.45, 2.75) is 6.42 Å². The van der Waals surface area contributed by atoms with Crippen molar-refractivity contribution in [2.75, 3.05) is 24.7 Å². The Balaban J connectivity index is 1.78. The molecule has 22 heavy (non-hydrogen) atoms. The first-order valence-corrected chi connectivity index (χ1v) is 7.19. The van der Waals surface area contributed by atoms with Gasteiger partial charge in [0.2, 0.25) is 0 Å². The third-order valence-corrected chi connectivity index (χ3v) is 3.44. The van der Waals surface area contributed by atoms with Crippen LogP contribution in [0.3, 0.4) is 0 Å². The first-order chi connectivity index (χ1) is 10.6. The summed E-state index contributed by atoms with van der Waals surface area (Å²) in [7, 11) is 1.63. The number of hydrogen-bond acceptors (Lipinski definition) is 3. The third-order valence-electron chi connectivity index (χ3n) is 3.12. The largest absolute Gasteiger partial charge is 0.497 e. The number of urea groups is 1. The minimum atomic E-state index is -0.283. The fraction of sp³-hybridized carbons (Fsp3) is 0.188. The van der Waals surface area contributed by atoms with Gasteiger partial charge in [-0.2, -0.15) is 0 Å². The summed E-state index contributed by atoms with van der Waals surface area (Å²) in [6.07, 6.45) is 0.736. The van der Waals surface area contributed by atoms with Crippen LogP contribution in [0.2, 0.25) is 5.02 Å². The predicted octanol–water partition coefficient (Wildman–Crippen LogP) is 3.30. The Morgan fingerprint density at radius 3 is 2.59 bits per heavy atom. The van der Waals surface area contributed by atoms with Crippen molar-refractivity contribution in [1.82, 2.24) is 5.32 Å². The van der Waals surface area contributed by atoms with Crippen LogP contribution in [0.5, 0.6) is 5.75 Å². The van der Waals surface area contributed by atoms with E-state index in [1.165, 1.54) is 0 Å². The van der Waals surface area contributed by atoms with E-state index >= 15 is 0 Å². The topological polar surface area (TPSA) is 76.4 Å². The maximum atomic E-state index is 11.8. The van der Waals surface area contributed by atoms with Crippen LogP contribution in [-0.4, -0.2) is 19.7 Å². The van der Waals surface area contributed by atoms with Gasteiger partial charge in [0.25, 0.3) is 0 Å². The van der Waals surface area contributed by atoms with Gasteiger partial charge in [-0.05, 0) is 42.3 Å².